The minimum Gasteiger partial charge on any atom is -0.487 e. The third-order valence-corrected chi connectivity index (χ3v) is 7.08. The molecule has 194 valence electrons. The number of sulfonamides is 1. The summed E-state index contributed by atoms with van der Waals surface area (Å²) in [5, 5.41) is 10.9. The second-order valence-corrected chi connectivity index (χ2v) is 11.8. The van der Waals surface area contributed by atoms with Crippen LogP contribution in [0.4, 0.5) is 5.95 Å². The van der Waals surface area contributed by atoms with Gasteiger partial charge in [-0.25, -0.2) is 18.4 Å². The van der Waals surface area contributed by atoms with E-state index in [9.17, 15) is 13.7 Å². The molecule has 3 aromatic carbocycles. The van der Waals surface area contributed by atoms with Crippen molar-refractivity contribution in [2.24, 2.45) is 0 Å². The van der Waals surface area contributed by atoms with Crippen LogP contribution < -0.4 is 9.46 Å². The summed E-state index contributed by atoms with van der Waals surface area (Å²) in [6.07, 6.45) is 2.49. The van der Waals surface area contributed by atoms with Gasteiger partial charge in [0.05, 0.1) is 28.6 Å². The van der Waals surface area contributed by atoms with Gasteiger partial charge in [-0.15, -0.1) is 0 Å². The quantitative estimate of drug-likeness (QED) is 0.257. The number of aromatic nitrogens is 2. The standard InChI is InChI=1S/C28H24Cl2N4O3S/c1-28(2,21-13-19(16-31)26(25(30)15-21)18-5-4-6-22(29)14-18)20-7-9-24(10-8-20)37-17-23-11-12-32-27(33-23)34-38(3,35)36/h4-15H,17H2,1-3H3,(H,32,33,34). The fourth-order valence-electron chi connectivity index (χ4n) is 3.98. The Labute approximate surface area is 232 Å². The first kappa shape index (κ1) is 27.4. The van der Waals surface area contributed by atoms with Crippen LogP contribution in [0.15, 0.2) is 72.9 Å². The van der Waals surface area contributed by atoms with Gasteiger partial charge in [-0.05, 0) is 59.2 Å². The van der Waals surface area contributed by atoms with Crippen LogP contribution in [0.2, 0.25) is 10.0 Å². The highest BCUT2D eigenvalue weighted by atomic mass is 35.5. The van der Waals surface area contributed by atoms with Crippen molar-refractivity contribution < 1.29 is 13.2 Å². The normalized spacial score (nSPS) is 11.6. The minimum absolute atomic E-state index is 0.0116. The number of nitriles is 1. The summed E-state index contributed by atoms with van der Waals surface area (Å²) in [5.74, 6) is 0.607. The maximum absolute atomic E-state index is 11.4. The van der Waals surface area contributed by atoms with E-state index in [1.165, 1.54) is 6.20 Å². The molecule has 4 aromatic rings. The number of halogens is 2. The highest BCUT2D eigenvalue weighted by molar-refractivity contribution is 7.91. The van der Waals surface area contributed by atoms with E-state index >= 15 is 0 Å². The molecule has 4 rings (SSSR count). The molecule has 0 aliphatic heterocycles. The van der Waals surface area contributed by atoms with Gasteiger partial charge in [-0.2, -0.15) is 5.26 Å². The summed E-state index contributed by atoms with van der Waals surface area (Å²) in [6, 6.07) is 22.6. The number of ether oxygens (including phenoxy) is 1. The van der Waals surface area contributed by atoms with Crippen molar-refractivity contribution in [1.29, 1.82) is 5.26 Å². The highest BCUT2D eigenvalue weighted by Crippen LogP contribution is 2.39. The van der Waals surface area contributed by atoms with Crippen LogP contribution in [0, 0.1) is 11.3 Å². The van der Waals surface area contributed by atoms with Crippen LogP contribution in [0.1, 0.15) is 36.2 Å². The van der Waals surface area contributed by atoms with Crippen LogP contribution in [-0.2, 0) is 22.0 Å². The van der Waals surface area contributed by atoms with Crippen molar-refractivity contribution in [3.8, 4) is 22.9 Å². The number of nitrogens with one attached hydrogen (secondary N) is 1. The Morgan fingerprint density at radius 3 is 2.42 bits per heavy atom. The Hall–Kier alpha value is -3.64. The summed E-state index contributed by atoms with van der Waals surface area (Å²) < 4.78 is 30.9. The Morgan fingerprint density at radius 2 is 1.76 bits per heavy atom. The molecule has 10 heteroatoms. The monoisotopic (exact) mass is 566 g/mol. The first-order chi connectivity index (χ1) is 18.0. The van der Waals surface area contributed by atoms with E-state index in [1.807, 2.05) is 48.5 Å². The van der Waals surface area contributed by atoms with Crippen LogP contribution in [0.3, 0.4) is 0 Å². The van der Waals surface area contributed by atoms with Crippen LogP contribution in [0.25, 0.3) is 11.1 Å². The molecule has 7 nitrogen and oxygen atoms in total. The third-order valence-electron chi connectivity index (χ3n) is 6.00. The third kappa shape index (κ3) is 6.43. The van der Waals surface area contributed by atoms with E-state index in [4.69, 9.17) is 27.9 Å². The highest BCUT2D eigenvalue weighted by Gasteiger charge is 2.26. The molecule has 38 heavy (non-hydrogen) atoms. The van der Waals surface area contributed by atoms with E-state index in [0.29, 0.717) is 32.6 Å². The summed E-state index contributed by atoms with van der Waals surface area (Å²) >= 11 is 12.9. The van der Waals surface area contributed by atoms with Gasteiger partial charge in [-0.1, -0.05) is 61.3 Å². The zero-order valence-corrected chi connectivity index (χ0v) is 23.2. The Bertz CT molecular complexity index is 1630. The van der Waals surface area contributed by atoms with Gasteiger partial charge < -0.3 is 4.74 Å². The molecule has 1 N–H and O–H groups in total. The fraction of sp³-hybridized carbons (Fsp3) is 0.179. The summed E-state index contributed by atoms with van der Waals surface area (Å²) in [6.45, 7) is 4.26. The number of rotatable bonds is 8. The van der Waals surface area contributed by atoms with E-state index in [-0.39, 0.29) is 12.6 Å². The first-order valence-electron chi connectivity index (χ1n) is 11.5. The molecule has 0 aliphatic rings. The molecule has 0 saturated carbocycles. The molecule has 0 bridgehead atoms. The van der Waals surface area contributed by atoms with Crippen molar-refractivity contribution in [1.82, 2.24) is 9.97 Å². The van der Waals surface area contributed by atoms with Gasteiger partial charge in [0.1, 0.15) is 12.4 Å². The molecule has 1 heterocycles. The molecular formula is C28H24Cl2N4O3S. The molecule has 0 amide bonds. The maximum Gasteiger partial charge on any atom is 0.236 e. The van der Waals surface area contributed by atoms with E-state index in [0.717, 1.165) is 22.9 Å². The van der Waals surface area contributed by atoms with Gasteiger partial charge >= 0.3 is 0 Å². The lowest BCUT2D eigenvalue weighted by Gasteiger charge is -2.27. The number of anilines is 1. The first-order valence-corrected chi connectivity index (χ1v) is 14.1. The SMILES string of the molecule is CC(C)(c1ccc(OCc2ccnc(NS(C)(=O)=O)n2)cc1)c1cc(Cl)c(-c2cccc(Cl)c2)c(C#N)c1. The number of benzene rings is 3. The predicted octanol–water partition coefficient (Wildman–Crippen LogP) is 6.60. The van der Waals surface area contributed by atoms with E-state index in [1.54, 1.807) is 18.2 Å². The summed E-state index contributed by atoms with van der Waals surface area (Å²) in [7, 11) is -3.48. The molecule has 1 aromatic heterocycles. The maximum atomic E-state index is 11.4. The minimum atomic E-state index is -3.48. The average Bonchev–Trinajstić information content (AvgIpc) is 2.86. The van der Waals surface area contributed by atoms with Crippen LogP contribution in [0.5, 0.6) is 5.75 Å². The molecule has 0 radical (unpaired) electrons. The van der Waals surface area contributed by atoms with Gasteiger partial charge in [-0.3, -0.25) is 4.72 Å². The van der Waals surface area contributed by atoms with Crippen molar-refractivity contribution in [2.45, 2.75) is 25.9 Å². The zero-order chi connectivity index (χ0) is 27.5. The molecule has 0 saturated heterocycles. The van der Waals surface area contributed by atoms with Crippen molar-refractivity contribution >= 4 is 39.2 Å². The Morgan fingerprint density at radius 1 is 1.03 bits per heavy atom. The average molecular weight is 567 g/mol. The topological polar surface area (TPSA) is 105 Å². The van der Waals surface area contributed by atoms with Crippen molar-refractivity contribution in [3.63, 3.8) is 0 Å². The number of hydrogen-bond donors (Lipinski definition) is 1. The second kappa shape index (κ2) is 11.0. The van der Waals surface area contributed by atoms with Gasteiger partial charge in [0.2, 0.25) is 16.0 Å². The van der Waals surface area contributed by atoms with E-state index in [2.05, 4.69) is 34.6 Å². The van der Waals surface area contributed by atoms with Gasteiger partial charge in [0, 0.05) is 22.2 Å². The molecule has 0 fully saturated rings. The van der Waals surface area contributed by atoms with Crippen molar-refractivity contribution in [3.05, 3.63) is 105 Å². The molecule has 0 atom stereocenters. The van der Waals surface area contributed by atoms with Crippen LogP contribution >= 0.6 is 23.2 Å². The summed E-state index contributed by atoms with van der Waals surface area (Å²) in [5.41, 5.74) is 3.87. The molecular weight excluding hydrogens is 543 g/mol. The number of nitrogens with zero attached hydrogens (tertiary/aromatic N) is 3. The second-order valence-electron chi connectivity index (χ2n) is 9.19. The summed E-state index contributed by atoms with van der Waals surface area (Å²) in [4.78, 5) is 8.06. The van der Waals surface area contributed by atoms with Gasteiger partial charge in [0.25, 0.3) is 0 Å². The fourth-order valence-corrected chi connectivity index (χ4v) is 4.93. The van der Waals surface area contributed by atoms with Gasteiger partial charge in [0.15, 0.2) is 0 Å². The van der Waals surface area contributed by atoms with E-state index < -0.39 is 15.4 Å². The Kier molecular flexibility index (Phi) is 7.93. The van der Waals surface area contributed by atoms with Crippen LogP contribution in [-0.4, -0.2) is 24.6 Å². The zero-order valence-electron chi connectivity index (χ0n) is 20.9. The lowest BCUT2D eigenvalue weighted by molar-refractivity contribution is 0.301. The Balaban J connectivity index is 1.54. The van der Waals surface area contributed by atoms with Crippen molar-refractivity contribution in [2.75, 3.05) is 11.0 Å². The molecule has 0 spiro atoms. The largest absolute Gasteiger partial charge is 0.487 e. The molecule has 0 aliphatic carbocycles. The lowest BCUT2D eigenvalue weighted by Crippen LogP contribution is -2.19. The smallest absolute Gasteiger partial charge is 0.236 e. The lowest BCUT2D eigenvalue weighted by atomic mass is 9.77. The number of hydrogen-bond acceptors (Lipinski definition) is 6. The molecule has 0 unspecified atom stereocenters. The predicted molar refractivity (Wildman–Crippen MR) is 150 cm³/mol.